The summed E-state index contributed by atoms with van der Waals surface area (Å²) in [6.07, 6.45) is -6.74. The quantitative estimate of drug-likeness (QED) is 0.00410. The van der Waals surface area contributed by atoms with Gasteiger partial charge in [-0.25, -0.2) is 9.59 Å². The number of hydrogen-bond donors (Lipinski definition) is 6. The molecule has 2 aliphatic carbocycles. The fourth-order valence-corrected chi connectivity index (χ4v) is 13.0. The van der Waals surface area contributed by atoms with Crippen molar-refractivity contribution < 1.29 is 135 Å². The van der Waals surface area contributed by atoms with E-state index in [9.17, 15) is 69.7 Å². The largest absolute Gasteiger partial charge is 0.514 e. The van der Waals surface area contributed by atoms with E-state index in [4.69, 9.17) is 75.8 Å². The van der Waals surface area contributed by atoms with E-state index in [2.05, 4.69) is 5.32 Å². The summed E-state index contributed by atoms with van der Waals surface area (Å²) in [7, 11) is 10.1. The van der Waals surface area contributed by atoms with Crippen molar-refractivity contribution in [3.8, 4) is 79.7 Å². The number of carbonyl (C=O) groups excluding carboxylic acids is 5. The Labute approximate surface area is 628 Å². The molecule has 1 amide bonds. The first-order valence-corrected chi connectivity index (χ1v) is 34.2. The van der Waals surface area contributed by atoms with E-state index < -0.39 is 149 Å². The minimum Gasteiger partial charge on any atom is -0.507 e. The molecule has 10 rings (SSSR count). The van der Waals surface area contributed by atoms with Gasteiger partial charge < -0.3 is 107 Å². The van der Waals surface area contributed by atoms with Crippen LogP contribution >= 0.6 is 0 Å². The molecule has 0 saturated carbocycles. The van der Waals surface area contributed by atoms with E-state index in [1.807, 2.05) is 0 Å². The van der Waals surface area contributed by atoms with E-state index in [1.165, 1.54) is 111 Å². The number of aliphatic hydroxyl groups excluding tert-OH is 2. The van der Waals surface area contributed by atoms with Crippen molar-refractivity contribution in [2.75, 3.05) is 109 Å². The van der Waals surface area contributed by atoms with E-state index in [-0.39, 0.29) is 131 Å². The minimum absolute atomic E-state index is 0.0188. The predicted molar refractivity (Wildman–Crippen MR) is 387 cm³/mol. The zero-order valence-corrected chi connectivity index (χ0v) is 61.0. The third-order valence-electron chi connectivity index (χ3n) is 18.4. The first-order valence-electron chi connectivity index (χ1n) is 34.2. The number of ketones is 3. The zero-order chi connectivity index (χ0) is 79.1. The highest BCUT2D eigenvalue weighted by molar-refractivity contribution is 6.31. The predicted octanol–water partition coefficient (Wildman–Crippen LogP) is 9.12. The number of fused-ring (bicyclic) bond motifs is 3. The minimum atomic E-state index is -2.51. The van der Waals surface area contributed by atoms with Crippen LogP contribution in [-0.4, -0.2) is 204 Å². The zero-order valence-electron chi connectivity index (χ0n) is 61.0. The highest BCUT2D eigenvalue weighted by Gasteiger charge is 2.51. The van der Waals surface area contributed by atoms with E-state index >= 15 is 0 Å². The van der Waals surface area contributed by atoms with Crippen LogP contribution in [0.25, 0.3) is 34.4 Å². The first kappa shape index (κ1) is 81.0. The Morgan fingerprint density at radius 3 is 1.72 bits per heavy atom. The molecule has 3 aliphatic rings. The summed E-state index contributed by atoms with van der Waals surface area (Å²) in [6.45, 7) is -0.176. The number of Topliss-reactive ketones (excluding diaryl/α,β-unsaturated/α-hetero) is 1. The molecule has 1 fully saturated rings. The normalized spacial score (nSPS) is 17.8. The Hall–Kier alpha value is -11.5. The molecule has 33 heteroatoms. The van der Waals surface area contributed by atoms with Crippen LogP contribution in [0.2, 0.25) is 0 Å². The van der Waals surface area contributed by atoms with Gasteiger partial charge in [-0.15, -0.1) is 0 Å². The van der Waals surface area contributed by atoms with E-state index in [0.29, 0.717) is 35.0 Å². The van der Waals surface area contributed by atoms with E-state index in [0.717, 1.165) is 6.07 Å². The molecule has 33 nitrogen and oxygen atoms in total. The molecular weight excluding hydrogens is 1450 g/mol. The van der Waals surface area contributed by atoms with Crippen molar-refractivity contribution in [3.05, 3.63) is 173 Å². The van der Waals surface area contributed by atoms with Gasteiger partial charge >= 0.3 is 12.2 Å². The summed E-state index contributed by atoms with van der Waals surface area (Å²) < 4.78 is 90.6. The van der Waals surface area contributed by atoms with Crippen LogP contribution in [0.1, 0.15) is 91.1 Å². The fourth-order valence-electron chi connectivity index (χ4n) is 13.0. The summed E-state index contributed by atoms with van der Waals surface area (Å²) in [6, 6.07) is 22.0. The van der Waals surface area contributed by atoms with Gasteiger partial charge in [-0.2, -0.15) is 0 Å². The van der Waals surface area contributed by atoms with E-state index in [1.54, 1.807) is 48.6 Å². The summed E-state index contributed by atoms with van der Waals surface area (Å²) >= 11 is 0. The summed E-state index contributed by atoms with van der Waals surface area (Å²) in [5, 5.41) is 85.5. The highest BCUT2D eigenvalue weighted by atomic mass is 16.7. The molecule has 0 unspecified atom stereocenters. The maximum absolute atomic E-state index is 14.3. The Kier molecular flexibility index (Phi) is 26.9. The lowest BCUT2D eigenvalue weighted by atomic mass is 9.72. The van der Waals surface area contributed by atoms with Gasteiger partial charge in [0.15, 0.2) is 52.4 Å². The van der Waals surface area contributed by atoms with Gasteiger partial charge in [-0.3, -0.25) is 34.6 Å². The van der Waals surface area contributed by atoms with Crippen molar-refractivity contribution in [3.63, 3.8) is 0 Å². The van der Waals surface area contributed by atoms with Crippen LogP contribution in [0.3, 0.4) is 0 Å². The summed E-state index contributed by atoms with van der Waals surface area (Å²) in [5.74, 6) is -3.07. The number of rotatable bonds is 35. The van der Waals surface area contributed by atoms with Crippen molar-refractivity contribution in [2.24, 2.45) is 0 Å². The van der Waals surface area contributed by atoms with Gasteiger partial charge in [0.05, 0.1) is 131 Å². The topological polar surface area (TPSA) is 432 Å². The molecule has 1 aliphatic heterocycles. The molecule has 110 heavy (non-hydrogen) atoms. The second-order valence-electron chi connectivity index (χ2n) is 25.1. The van der Waals surface area contributed by atoms with Crippen LogP contribution in [0.5, 0.6) is 57.5 Å². The van der Waals surface area contributed by atoms with Gasteiger partial charge in [0.25, 0.3) is 11.4 Å². The van der Waals surface area contributed by atoms with Crippen molar-refractivity contribution in [1.29, 1.82) is 0 Å². The molecule has 6 atom stereocenters. The average molecular weight is 1530 g/mol. The van der Waals surface area contributed by atoms with Crippen molar-refractivity contribution in [1.82, 2.24) is 5.32 Å². The Bertz CT molecular complexity index is 4610. The third kappa shape index (κ3) is 18.1. The maximum atomic E-state index is 14.3. The molecule has 1 saturated heterocycles. The maximum Gasteiger partial charge on any atom is 0.514 e. The number of aromatic hydroxyl groups is 2. The smallest absolute Gasteiger partial charge is 0.507 e. The third-order valence-corrected chi connectivity index (χ3v) is 18.4. The molecule has 0 spiro atoms. The monoisotopic (exact) mass is 1530 g/mol. The number of nitrogens with zero attached hydrogens (tertiary/aromatic N) is 2. The molecule has 0 aromatic heterocycles. The number of hydrogen-bond acceptors (Lipinski definition) is 30. The Morgan fingerprint density at radius 1 is 0.609 bits per heavy atom. The molecular formula is C77H81N3O30. The second-order valence-corrected chi connectivity index (χ2v) is 25.1. The lowest BCUT2D eigenvalue weighted by molar-refractivity contribution is -0.386. The summed E-state index contributed by atoms with van der Waals surface area (Å²) in [5.41, 5.74) is -3.79. The second kappa shape index (κ2) is 36.6. The molecule has 1 heterocycles. The van der Waals surface area contributed by atoms with Gasteiger partial charge in [0.2, 0.25) is 11.5 Å². The lowest BCUT2D eigenvalue weighted by Gasteiger charge is -2.42. The number of carbonyl (C=O) groups is 5. The Morgan fingerprint density at radius 2 is 1.16 bits per heavy atom. The highest BCUT2D eigenvalue weighted by Crippen LogP contribution is 2.53. The SMILES string of the molecule is COCCOCCOc1cc(-c2ccc([N+](=O)[O-])c(COC(=O)N[C@H]3C[C@H](O[C@H]4C[C@](O)(C(=O)CO)Cc5c(O)c6c(c(O)c54)C(=O)c4c(OC)cccc4C6=O)O[C@@H](C)[C@H]3O)c2)c(-c2ccc([N+](=O)[O-])c(COC(=O)Oc3ccc(/C=C\c4cc(OC)c(OC)c(OC)c4)cc3OC)c2)cc1OCCOCCOC. The number of ether oxygens (including phenoxy) is 16. The van der Waals surface area contributed by atoms with Crippen molar-refractivity contribution >= 4 is 53.1 Å². The summed E-state index contributed by atoms with van der Waals surface area (Å²) in [4.78, 5) is 93.5. The number of nitrogens with one attached hydrogen (secondary N) is 1. The molecule has 584 valence electrons. The Balaban J connectivity index is 0.927. The van der Waals surface area contributed by atoms with Crippen LogP contribution < -0.4 is 43.2 Å². The number of alkyl carbamates (subject to hydrolysis) is 1. The van der Waals surface area contributed by atoms with Crippen molar-refractivity contribution in [2.45, 2.75) is 75.6 Å². The van der Waals surface area contributed by atoms with Crippen LogP contribution in [0, 0.1) is 20.2 Å². The molecule has 0 bridgehead atoms. The molecule has 0 radical (unpaired) electrons. The molecule has 7 aromatic rings. The number of phenols is 2. The van der Waals surface area contributed by atoms with Gasteiger partial charge in [-0.05, 0) is 107 Å². The number of benzene rings is 7. The number of methoxy groups -OCH3 is 7. The van der Waals surface area contributed by atoms with Gasteiger partial charge in [0, 0.05) is 62.3 Å². The first-order chi connectivity index (χ1) is 52.9. The van der Waals surface area contributed by atoms with Crippen LogP contribution in [0.4, 0.5) is 21.0 Å². The number of nitro groups is 2. The molecule has 7 aromatic carbocycles. The number of phenolic OH excluding ortho intramolecular Hbond substituents is 2. The standard InChI is InChI=1S/C77H81N3O30/c1-41-69(83)52(35-64(108-41)109-62-37-77(90,63(82)38-81)36-51-66(62)73(87)68-67(71(51)85)70(84)48-10-9-11-56(97-4)65(48)72(68)86)78-75(88)106-39-46-31-44(15-17-53(46)79(91)92)49-33-58(104-26-24-102-22-20-95-2)59(105-27-25-103-23-21-96-3)34-50(49)45-16-18-54(80(93)94)47(32-45)40-107-76(89)110-55-19-14-42(28-57(55)98-5)12-13-43-29-60(99-6)74(101-8)61(30-43)100-7/h9-19,28-34,41,52,62,64,69,81,83,85,87,90H,20-27,35-40H2,1-8H3,(H,78,88)/b13-12-/t41-,52-,62-,64-,69+,77-/m0/s1. The fraction of sp³-hybridized carbons (Fsp3) is 0.364. The van der Waals surface area contributed by atoms with Gasteiger partial charge in [-0.1, -0.05) is 30.4 Å². The average Bonchev–Trinajstić information content (AvgIpc) is 0.709. The van der Waals surface area contributed by atoms with Gasteiger partial charge in [0.1, 0.15) is 62.0 Å². The molecule has 6 N–H and O–H groups in total. The number of aliphatic hydroxyl groups is 3. The number of nitro benzene ring substituents is 2. The lowest BCUT2D eigenvalue weighted by Crippen LogP contribution is -2.56. The van der Waals surface area contributed by atoms with Crippen LogP contribution in [-0.2, 0) is 62.3 Å². The number of amides is 1. The van der Waals surface area contributed by atoms with Crippen LogP contribution in [0.15, 0.2) is 97.1 Å².